The molecule has 2 aromatic rings. The van der Waals surface area contributed by atoms with Gasteiger partial charge in [-0.25, -0.2) is 4.39 Å². The lowest BCUT2D eigenvalue weighted by atomic mass is 10.2. The minimum atomic E-state index is -0.399. The Bertz CT molecular complexity index is 629. The van der Waals surface area contributed by atoms with Crippen molar-refractivity contribution in [1.82, 2.24) is 0 Å². The summed E-state index contributed by atoms with van der Waals surface area (Å²) in [7, 11) is 1.48. The fourth-order valence-electron chi connectivity index (χ4n) is 1.74. The van der Waals surface area contributed by atoms with Crippen LogP contribution in [0.3, 0.4) is 0 Å². The standard InChI is InChI=1S/C15H12ClFO3/c1-19-14-4-2-3-10(8-18)15(14)20-9-11-7-12(17)5-6-13(11)16/h2-8H,9H2,1H3. The molecule has 0 unspecified atom stereocenters. The summed E-state index contributed by atoms with van der Waals surface area (Å²) < 4.78 is 23.9. The van der Waals surface area contributed by atoms with Gasteiger partial charge in [0.2, 0.25) is 0 Å². The highest BCUT2D eigenvalue weighted by molar-refractivity contribution is 6.31. The molecule has 0 aliphatic heterocycles. The zero-order valence-electron chi connectivity index (χ0n) is 10.7. The summed E-state index contributed by atoms with van der Waals surface area (Å²) in [4.78, 5) is 11.0. The Hall–Kier alpha value is -2.07. The van der Waals surface area contributed by atoms with Gasteiger partial charge in [-0.2, -0.15) is 0 Å². The highest BCUT2D eigenvalue weighted by atomic mass is 35.5. The first-order valence-corrected chi connectivity index (χ1v) is 6.22. The molecule has 0 N–H and O–H groups in total. The number of halogens is 2. The van der Waals surface area contributed by atoms with Crippen LogP contribution in [0.25, 0.3) is 0 Å². The number of aldehydes is 1. The monoisotopic (exact) mass is 294 g/mol. The Kier molecular flexibility index (Phi) is 4.58. The largest absolute Gasteiger partial charge is 0.493 e. The van der Waals surface area contributed by atoms with Gasteiger partial charge in [-0.15, -0.1) is 0 Å². The van der Waals surface area contributed by atoms with E-state index >= 15 is 0 Å². The maximum absolute atomic E-state index is 13.2. The second kappa shape index (κ2) is 6.39. The molecule has 0 bridgehead atoms. The third kappa shape index (κ3) is 3.08. The SMILES string of the molecule is COc1cccc(C=O)c1OCc1cc(F)ccc1Cl. The summed E-state index contributed by atoms with van der Waals surface area (Å²) in [5, 5.41) is 0.397. The summed E-state index contributed by atoms with van der Waals surface area (Å²) >= 11 is 5.96. The number of para-hydroxylation sites is 1. The van der Waals surface area contributed by atoms with E-state index in [1.165, 1.54) is 25.3 Å². The Morgan fingerprint density at radius 2 is 2.10 bits per heavy atom. The Morgan fingerprint density at radius 1 is 1.30 bits per heavy atom. The number of ether oxygens (including phenoxy) is 2. The van der Waals surface area contributed by atoms with E-state index in [4.69, 9.17) is 21.1 Å². The first kappa shape index (κ1) is 14.3. The van der Waals surface area contributed by atoms with E-state index < -0.39 is 5.82 Å². The molecule has 104 valence electrons. The van der Waals surface area contributed by atoms with Crippen LogP contribution in [0.5, 0.6) is 11.5 Å². The van der Waals surface area contributed by atoms with Crippen molar-refractivity contribution in [3.05, 3.63) is 58.4 Å². The van der Waals surface area contributed by atoms with Crippen molar-refractivity contribution in [1.29, 1.82) is 0 Å². The summed E-state index contributed by atoms with van der Waals surface area (Å²) in [6.45, 7) is 0.0395. The third-order valence-electron chi connectivity index (χ3n) is 2.74. The topological polar surface area (TPSA) is 35.5 Å². The number of hydrogen-bond acceptors (Lipinski definition) is 3. The molecule has 0 aliphatic rings. The van der Waals surface area contributed by atoms with Crippen LogP contribution in [0.2, 0.25) is 5.02 Å². The third-order valence-corrected chi connectivity index (χ3v) is 3.10. The van der Waals surface area contributed by atoms with Gasteiger partial charge in [0.15, 0.2) is 17.8 Å². The molecule has 2 aromatic carbocycles. The molecule has 0 fully saturated rings. The molecule has 0 radical (unpaired) electrons. The lowest BCUT2D eigenvalue weighted by Gasteiger charge is -2.13. The maximum atomic E-state index is 13.2. The maximum Gasteiger partial charge on any atom is 0.172 e. The van der Waals surface area contributed by atoms with E-state index in [-0.39, 0.29) is 6.61 Å². The van der Waals surface area contributed by atoms with E-state index in [0.29, 0.717) is 33.9 Å². The van der Waals surface area contributed by atoms with Crippen LogP contribution in [-0.2, 0) is 6.61 Å². The molecule has 2 rings (SSSR count). The predicted octanol–water partition coefficient (Wildman–Crippen LogP) is 3.88. The van der Waals surface area contributed by atoms with Gasteiger partial charge in [0, 0.05) is 10.6 Å². The van der Waals surface area contributed by atoms with E-state index in [9.17, 15) is 9.18 Å². The fraction of sp³-hybridized carbons (Fsp3) is 0.133. The Morgan fingerprint density at radius 3 is 2.80 bits per heavy atom. The van der Waals surface area contributed by atoms with E-state index in [2.05, 4.69) is 0 Å². The normalized spacial score (nSPS) is 10.2. The molecule has 0 saturated heterocycles. The van der Waals surface area contributed by atoms with Crippen LogP contribution in [0.4, 0.5) is 4.39 Å². The predicted molar refractivity (Wildman–Crippen MR) is 74.1 cm³/mol. The zero-order chi connectivity index (χ0) is 14.5. The molecular weight excluding hydrogens is 283 g/mol. The van der Waals surface area contributed by atoms with Crippen LogP contribution in [0.15, 0.2) is 36.4 Å². The van der Waals surface area contributed by atoms with Crippen molar-refractivity contribution in [2.75, 3.05) is 7.11 Å². The fourth-order valence-corrected chi connectivity index (χ4v) is 1.92. The van der Waals surface area contributed by atoms with Crippen molar-refractivity contribution in [3.63, 3.8) is 0 Å². The van der Waals surface area contributed by atoms with Gasteiger partial charge < -0.3 is 9.47 Å². The van der Waals surface area contributed by atoms with Crippen LogP contribution in [-0.4, -0.2) is 13.4 Å². The van der Waals surface area contributed by atoms with Crippen molar-refractivity contribution in [2.24, 2.45) is 0 Å². The minimum absolute atomic E-state index is 0.0395. The minimum Gasteiger partial charge on any atom is -0.493 e. The first-order chi connectivity index (χ1) is 9.65. The second-order valence-corrected chi connectivity index (χ2v) is 4.43. The molecule has 5 heteroatoms. The van der Waals surface area contributed by atoms with Crippen LogP contribution in [0.1, 0.15) is 15.9 Å². The second-order valence-electron chi connectivity index (χ2n) is 4.02. The van der Waals surface area contributed by atoms with E-state index in [0.717, 1.165) is 0 Å². The van der Waals surface area contributed by atoms with Crippen LogP contribution in [0, 0.1) is 5.82 Å². The highest BCUT2D eigenvalue weighted by Crippen LogP contribution is 2.31. The van der Waals surface area contributed by atoms with Crippen LogP contribution < -0.4 is 9.47 Å². The van der Waals surface area contributed by atoms with Gasteiger partial charge in [-0.3, -0.25) is 4.79 Å². The molecule has 3 nitrogen and oxygen atoms in total. The van der Waals surface area contributed by atoms with E-state index in [1.807, 2.05) is 0 Å². The lowest BCUT2D eigenvalue weighted by Crippen LogP contribution is -2.01. The molecule has 0 amide bonds. The summed E-state index contributed by atoms with van der Waals surface area (Å²) in [5.74, 6) is 0.344. The van der Waals surface area contributed by atoms with Crippen LogP contribution >= 0.6 is 11.6 Å². The van der Waals surface area contributed by atoms with E-state index in [1.54, 1.807) is 18.2 Å². The molecule has 0 atom stereocenters. The number of carbonyl (C=O) groups excluding carboxylic acids is 1. The summed E-state index contributed by atoms with van der Waals surface area (Å²) in [6, 6.07) is 8.99. The van der Waals surface area contributed by atoms with Crippen molar-refractivity contribution < 1.29 is 18.7 Å². The van der Waals surface area contributed by atoms with Crippen molar-refractivity contribution in [2.45, 2.75) is 6.61 Å². The van der Waals surface area contributed by atoms with Gasteiger partial charge in [0.25, 0.3) is 0 Å². The summed E-state index contributed by atoms with van der Waals surface area (Å²) in [5.41, 5.74) is 0.853. The molecule has 0 aromatic heterocycles. The molecule has 0 saturated carbocycles. The van der Waals surface area contributed by atoms with Gasteiger partial charge in [0.1, 0.15) is 12.4 Å². The number of benzene rings is 2. The Labute approximate surface area is 120 Å². The summed E-state index contributed by atoms with van der Waals surface area (Å²) in [6.07, 6.45) is 0.672. The number of carbonyl (C=O) groups is 1. The van der Waals surface area contributed by atoms with Gasteiger partial charge in [-0.05, 0) is 30.3 Å². The first-order valence-electron chi connectivity index (χ1n) is 5.84. The van der Waals surface area contributed by atoms with Gasteiger partial charge in [0.05, 0.1) is 12.7 Å². The average Bonchev–Trinajstić information content (AvgIpc) is 2.47. The molecule has 0 spiro atoms. The lowest BCUT2D eigenvalue weighted by molar-refractivity contribution is 0.111. The molecule has 0 heterocycles. The highest BCUT2D eigenvalue weighted by Gasteiger charge is 2.11. The smallest absolute Gasteiger partial charge is 0.172 e. The van der Waals surface area contributed by atoms with Gasteiger partial charge in [-0.1, -0.05) is 17.7 Å². The number of rotatable bonds is 5. The molecule has 20 heavy (non-hydrogen) atoms. The Balaban J connectivity index is 2.26. The molecular formula is C15H12ClFO3. The zero-order valence-corrected chi connectivity index (χ0v) is 11.5. The number of methoxy groups -OCH3 is 1. The van der Waals surface area contributed by atoms with Gasteiger partial charge >= 0.3 is 0 Å². The van der Waals surface area contributed by atoms with Crippen molar-refractivity contribution in [3.8, 4) is 11.5 Å². The number of hydrogen-bond donors (Lipinski definition) is 0. The average molecular weight is 295 g/mol. The van der Waals surface area contributed by atoms with Crippen molar-refractivity contribution >= 4 is 17.9 Å². The molecule has 0 aliphatic carbocycles. The quantitative estimate of drug-likeness (QED) is 0.785.